The first kappa shape index (κ1) is 26.3. The van der Waals surface area contributed by atoms with Gasteiger partial charge in [0.15, 0.2) is 0 Å². The Labute approximate surface area is 227 Å². The number of ether oxygens (including phenoxy) is 1. The van der Waals surface area contributed by atoms with Crippen molar-refractivity contribution >= 4 is 0 Å². The summed E-state index contributed by atoms with van der Waals surface area (Å²) in [6, 6.07) is 32.2. The van der Waals surface area contributed by atoms with Crippen molar-refractivity contribution in [2.75, 3.05) is 7.11 Å². The summed E-state index contributed by atoms with van der Waals surface area (Å²) in [4.78, 5) is 0. The molecule has 0 spiro atoms. The van der Waals surface area contributed by atoms with E-state index < -0.39 is 0 Å². The highest BCUT2D eigenvalue weighted by Gasteiger charge is 2.21. The molecule has 196 valence electrons. The van der Waals surface area contributed by atoms with E-state index in [1.165, 1.54) is 18.2 Å². The van der Waals surface area contributed by atoms with Crippen LogP contribution in [0.15, 0.2) is 109 Å². The molecule has 1 nitrogen and oxygen atoms in total. The highest BCUT2D eigenvalue weighted by molar-refractivity contribution is 5.49. The fourth-order valence-electron chi connectivity index (χ4n) is 5.03. The van der Waals surface area contributed by atoms with Crippen LogP contribution in [0.3, 0.4) is 0 Å². The van der Waals surface area contributed by atoms with Gasteiger partial charge < -0.3 is 4.74 Å². The minimum atomic E-state index is -0.335. The minimum absolute atomic E-state index is 0.228. The minimum Gasteiger partial charge on any atom is -0.497 e. The Morgan fingerprint density at radius 2 is 1.18 bits per heavy atom. The Morgan fingerprint density at radius 1 is 0.513 bits per heavy atom. The fraction of sp³-hybridized carbons (Fsp3) is 0.143. The van der Waals surface area contributed by atoms with Crippen LogP contribution in [0.2, 0.25) is 0 Å². The van der Waals surface area contributed by atoms with Crippen molar-refractivity contribution in [1.82, 2.24) is 0 Å². The molecule has 0 unspecified atom stereocenters. The molecular weight excluding hydrogens is 493 g/mol. The summed E-state index contributed by atoms with van der Waals surface area (Å²) in [5.74, 6) is -0.231. The van der Waals surface area contributed by atoms with E-state index in [9.17, 15) is 8.78 Å². The molecule has 0 aliphatic rings. The normalized spacial score (nSPS) is 11.0. The van der Waals surface area contributed by atoms with E-state index in [1.807, 2.05) is 66.7 Å². The molecule has 0 amide bonds. The molecule has 0 fully saturated rings. The smallest absolute Gasteiger partial charge is 0.130 e. The summed E-state index contributed by atoms with van der Waals surface area (Å²) in [5, 5.41) is 0. The first-order valence-corrected chi connectivity index (χ1v) is 13.0. The summed E-state index contributed by atoms with van der Waals surface area (Å²) in [7, 11) is 1.60. The van der Waals surface area contributed by atoms with Crippen LogP contribution in [-0.2, 0) is 25.7 Å². The largest absolute Gasteiger partial charge is 0.497 e. The van der Waals surface area contributed by atoms with Gasteiger partial charge in [-0.1, -0.05) is 78.9 Å². The summed E-state index contributed by atoms with van der Waals surface area (Å²) < 4.78 is 50.7. The zero-order valence-electron chi connectivity index (χ0n) is 21.8. The van der Waals surface area contributed by atoms with E-state index in [-0.39, 0.29) is 23.9 Å². The Bertz CT molecular complexity index is 1560. The Hall–Kier alpha value is -4.31. The summed E-state index contributed by atoms with van der Waals surface area (Å²) in [6.45, 7) is 0. The van der Waals surface area contributed by atoms with Crippen LogP contribution in [0.5, 0.6) is 5.75 Å². The van der Waals surface area contributed by atoms with Gasteiger partial charge in [-0.15, -0.1) is 0 Å². The molecule has 0 saturated carbocycles. The number of hydrogen-bond donors (Lipinski definition) is 0. The van der Waals surface area contributed by atoms with Crippen molar-refractivity contribution in [2.24, 2.45) is 0 Å². The Morgan fingerprint density at radius 3 is 1.90 bits per heavy atom. The van der Waals surface area contributed by atoms with E-state index in [0.717, 1.165) is 33.6 Å². The molecule has 0 N–H and O–H groups in total. The van der Waals surface area contributed by atoms with Crippen molar-refractivity contribution in [2.45, 2.75) is 25.7 Å². The number of benzene rings is 5. The van der Waals surface area contributed by atoms with Gasteiger partial charge in [-0.2, -0.15) is 0 Å². The van der Waals surface area contributed by atoms with Gasteiger partial charge in [0, 0.05) is 19.3 Å². The van der Waals surface area contributed by atoms with Gasteiger partial charge in [0.1, 0.15) is 23.2 Å². The molecule has 4 heteroatoms. The third kappa shape index (κ3) is 6.40. The molecule has 0 radical (unpaired) electrons. The van der Waals surface area contributed by atoms with Crippen molar-refractivity contribution in [3.8, 4) is 5.75 Å². The average Bonchev–Trinajstić information content (AvgIpc) is 2.95. The molecule has 5 rings (SSSR count). The van der Waals surface area contributed by atoms with Crippen molar-refractivity contribution < 1.29 is 17.9 Å². The Balaban J connectivity index is 1.68. The fourth-order valence-corrected chi connectivity index (χ4v) is 5.03. The monoisotopic (exact) mass is 522 g/mol. The zero-order valence-corrected chi connectivity index (χ0v) is 21.8. The molecule has 0 aromatic heterocycles. The van der Waals surface area contributed by atoms with Crippen LogP contribution in [0.4, 0.5) is 13.2 Å². The SMILES string of the molecule is COc1ccc(Cc2c(F)c(Cc3ccccc3)cc(Cc3cccc(F)c3)c2Cc2ccccc2F)cc1. The van der Waals surface area contributed by atoms with Crippen LogP contribution >= 0.6 is 0 Å². The maximum Gasteiger partial charge on any atom is 0.130 e. The second-order valence-corrected chi connectivity index (χ2v) is 9.73. The van der Waals surface area contributed by atoms with Gasteiger partial charge in [0.25, 0.3) is 0 Å². The van der Waals surface area contributed by atoms with Gasteiger partial charge in [0.05, 0.1) is 7.11 Å². The van der Waals surface area contributed by atoms with Crippen LogP contribution in [0, 0.1) is 17.5 Å². The molecule has 0 aliphatic heterocycles. The molecule has 39 heavy (non-hydrogen) atoms. The molecule has 5 aromatic carbocycles. The Kier molecular flexibility index (Phi) is 8.12. The number of methoxy groups -OCH3 is 1. The van der Waals surface area contributed by atoms with E-state index in [1.54, 1.807) is 31.4 Å². The lowest BCUT2D eigenvalue weighted by atomic mass is 9.85. The first-order chi connectivity index (χ1) is 19.0. The third-order valence-corrected chi connectivity index (χ3v) is 7.03. The van der Waals surface area contributed by atoms with Crippen LogP contribution in [0.25, 0.3) is 0 Å². The number of halogens is 3. The van der Waals surface area contributed by atoms with E-state index in [0.29, 0.717) is 36.0 Å². The van der Waals surface area contributed by atoms with E-state index in [4.69, 9.17) is 4.74 Å². The lowest BCUT2D eigenvalue weighted by molar-refractivity contribution is 0.414. The summed E-state index contributed by atoms with van der Waals surface area (Å²) in [5.41, 5.74) is 5.86. The van der Waals surface area contributed by atoms with Crippen molar-refractivity contribution in [3.05, 3.63) is 171 Å². The predicted molar refractivity (Wildman–Crippen MR) is 150 cm³/mol. The number of rotatable bonds is 9. The van der Waals surface area contributed by atoms with Gasteiger partial charge in [0.2, 0.25) is 0 Å². The van der Waals surface area contributed by atoms with Crippen LogP contribution in [0.1, 0.15) is 44.5 Å². The molecule has 0 atom stereocenters. The first-order valence-electron chi connectivity index (χ1n) is 13.0. The summed E-state index contributed by atoms with van der Waals surface area (Å²) in [6.07, 6.45) is 1.38. The van der Waals surface area contributed by atoms with E-state index in [2.05, 4.69) is 0 Å². The van der Waals surface area contributed by atoms with Gasteiger partial charge in [-0.3, -0.25) is 0 Å². The lowest BCUT2D eigenvalue weighted by Gasteiger charge is -2.20. The standard InChI is InChI=1S/C35H29F3O/c1-39-31-16-14-25(15-17-31)21-33-32(23-27-11-5-6-13-34(27)37)28(19-26-10-7-12-30(36)20-26)22-29(35(33)38)18-24-8-3-2-4-9-24/h2-17,20,22H,18-19,21,23H2,1H3. The van der Waals surface area contributed by atoms with E-state index >= 15 is 4.39 Å². The molecule has 0 aliphatic carbocycles. The topological polar surface area (TPSA) is 9.23 Å². The lowest BCUT2D eigenvalue weighted by Crippen LogP contribution is -2.10. The maximum atomic E-state index is 16.5. The third-order valence-electron chi connectivity index (χ3n) is 7.03. The highest BCUT2D eigenvalue weighted by Crippen LogP contribution is 2.31. The molecular formula is C35H29F3O. The second kappa shape index (κ2) is 12.0. The molecule has 0 saturated heterocycles. The van der Waals surface area contributed by atoms with Crippen molar-refractivity contribution in [3.63, 3.8) is 0 Å². The highest BCUT2D eigenvalue weighted by atomic mass is 19.1. The molecule has 0 heterocycles. The van der Waals surface area contributed by atoms with Crippen LogP contribution in [-0.4, -0.2) is 7.11 Å². The molecule has 0 bridgehead atoms. The van der Waals surface area contributed by atoms with Gasteiger partial charge >= 0.3 is 0 Å². The van der Waals surface area contributed by atoms with Crippen LogP contribution < -0.4 is 4.74 Å². The van der Waals surface area contributed by atoms with Gasteiger partial charge in [-0.05, 0) is 81.3 Å². The average molecular weight is 523 g/mol. The second-order valence-electron chi connectivity index (χ2n) is 9.73. The van der Waals surface area contributed by atoms with Crippen molar-refractivity contribution in [1.29, 1.82) is 0 Å². The molecule has 5 aromatic rings. The predicted octanol–water partition coefficient (Wildman–Crippen LogP) is 8.48. The maximum absolute atomic E-state index is 16.5. The quantitative estimate of drug-likeness (QED) is 0.189. The summed E-state index contributed by atoms with van der Waals surface area (Å²) >= 11 is 0. The number of hydrogen-bond acceptors (Lipinski definition) is 1. The van der Waals surface area contributed by atoms with Gasteiger partial charge in [-0.25, -0.2) is 13.2 Å². The zero-order chi connectivity index (χ0) is 27.2.